The number of hydrogen-bond donors (Lipinski definition) is 0. The maximum Gasteiger partial charge on any atom is 0.0917 e. The van der Waals surface area contributed by atoms with E-state index in [1.807, 2.05) is 44.4 Å². The number of pyridine rings is 1. The number of hydrogen-bond acceptors (Lipinski definition) is 3. The molecule has 0 aliphatic carbocycles. The normalized spacial score (nSPS) is 12.6. The highest BCUT2D eigenvalue weighted by Gasteiger charge is 2.08. The third-order valence-corrected chi connectivity index (χ3v) is 5.43. The Labute approximate surface area is 108 Å². The van der Waals surface area contributed by atoms with E-state index in [1.165, 1.54) is 11.1 Å². The minimum Gasteiger partial charge on any atom is -0.257 e. The average molecular weight is 265 g/mol. The third kappa shape index (κ3) is 3.01. The summed E-state index contributed by atoms with van der Waals surface area (Å²) in [5, 5.41) is 2.03. The number of aromatic nitrogens is 1. The molecule has 0 N–H and O–H groups in total. The van der Waals surface area contributed by atoms with Gasteiger partial charge in [-0.3, -0.25) is 9.19 Å². The van der Waals surface area contributed by atoms with Gasteiger partial charge in [0, 0.05) is 5.69 Å². The molecule has 1 unspecified atom stereocenters. The molecule has 0 spiro atoms. The van der Waals surface area contributed by atoms with E-state index in [9.17, 15) is 4.21 Å². The Morgan fingerprint density at radius 3 is 2.65 bits per heavy atom. The van der Waals surface area contributed by atoms with Crippen molar-refractivity contribution >= 4 is 22.1 Å². The van der Waals surface area contributed by atoms with Crippen molar-refractivity contribution in [1.29, 1.82) is 0 Å². The van der Waals surface area contributed by atoms with E-state index in [2.05, 4.69) is 4.98 Å². The van der Waals surface area contributed by atoms with Crippen LogP contribution in [0.5, 0.6) is 0 Å². The van der Waals surface area contributed by atoms with Crippen LogP contribution in [0.1, 0.15) is 22.5 Å². The van der Waals surface area contributed by atoms with E-state index in [-0.39, 0.29) is 0 Å². The van der Waals surface area contributed by atoms with Gasteiger partial charge in [0.25, 0.3) is 0 Å². The molecule has 0 fully saturated rings. The van der Waals surface area contributed by atoms with Crippen molar-refractivity contribution in [2.24, 2.45) is 0 Å². The lowest BCUT2D eigenvalue weighted by Gasteiger charge is -2.03. The molecule has 2 heterocycles. The Hall–Kier alpha value is -1.00. The van der Waals surface area contributed by atoms with Gasteiger partial charge in [-0.2, -0.15) is 0 Å². The molecule has 1 atom stereocenters. The third-order valence-electron chi connectivity index (χ3n) is 2.62. The summed E-state index contributed by atoms with van der Waals surface area (Å²) in [5.74, 6) is 0.501. The lowest BCUT2D eigenvalue weighted by atomic mass is 10.2. The van der Waals surface area contributed by atoms with Gasteiger partial charge in [0.1, 0.15) is 0 Å². The van der Waals surface area contributed by atoms with E-state index < -0.39 is 10.8 Å². The van der Waals surface area contributed by atoms with Crippen LogP contribution >= 0.6 is 11.3 Å². The molecule has 2 nitrogen and oxygen atoms in total. The summed E-state index contributed by atoms with van der Waals surface area (Å²) in [7, 11) is -0.972. The first-order valence-electron chi connectivity index (χ1n) is 5.43. The van der Waals surface area contributed by atoms with E-state index in [0.717, 1.165) is 15.6 Å². The Morgan fingerprint density at radius 1 is 1.29 bits per heavy atom. The van der Waals surface area contributed by atoms with Crippen LogP contribution in [0.2, 0.25) is 0 Å². The highest BCUT2D eigenvalue weighted by atomic mass is 32.2. The van der Waals surface area contributed by atoms with Crippen molar-refractivity contribution in [1.82, 2.24) is 4.98 Å². The first-order chi connectivity index (χ1) is 8.06. The highest BCUT2D eigenvalue weighted by Crippen LogP contribution is 2.20. The molecule has 17 heavy (non-hydrogen) atoms. The van der Waals surface area contributed by atoms with Gasteiger partial charge in [0.2, 0.25) is 0 Å². The van der Waals surface area contributed by atoms with Gasteiger partial charge < -0.3 is 0 Å². The van der Waals surface area contributed by atoms with Gasteiger partial charge in [-0.1, -0.05) is 6.07 Å². The zero-order valence-electron chi connectivity index (χ0n) is 10.2. The Bertz CT molecular complexity index is 560. The second-order valence-corrected chi connectivity index (χ2v) is 6.73. The summed E-state index contributed by atoms with van der Waals surface area (Å²) in [5.41, 5.74) is 4.26. The van der Waals surface area contributed by atoms with Gasteiger partial charge in [0.05, 0.1) is 26.5 Å². The number of nitrogens with zero attached hydrogens (tertiary/aromatic N) is 1. The monoisotopic (exact) mass is 265 g/mol. The quantitative estimate of drug-likeness (QED) is 0.851. The van der Waals surface area contributed by atoms with Crippen molar-refractivity contribution < 1.29 is 4.21 Å². The number of thiophene rings is 1. The summed E-state index contributed by atoms with van der Waals surface area (Å²) < 4.78 is 13.0. The van der Waals surface area contributed by atoms with Crippen LogP contribution < -0.4 is 0 Å². The maximum absolute atomic E-state index is 12.1. The maximum atomic E-state index is 12.1. The van der Waals surface area contributed by atoms with E-state index in [4.69, 9.17) is 0 Å². The standard InChI is InChI=1S/C13H15NOS2/c1-9-6-13(16-7-9)17(15)8-12-5-4-10(2)11(3)14-12/h4-7H,8H2,1-3H3. The second-order valence-electron chi connectivity index (χ2n) is 4.14. The minimum atomic E-state index is -0.972. The van der Waals surface area contributed by atoms with Crippen molar-refractivity contribution in [3.63, 3.8) is 0 Å². The van der Waals surface area contributed by atoms with Crippen LogP contribution in [0.15, 0.2) is 27.8 Å². The molecule has 0 aromatic carbocycles. The molecule has 2 aromatic heterocycles. The zero-order valence-corrected chi connectivity index (χ0v) is 11.8. The minimum absolute atomic E-state index is 0.501. The fourth-order valence-corrected chi connectivity index (χ4v) is 3.76. The van der Waals surface area contributed by atoms with Crippen LogP contribution in [0.4, 0.5) is 0 Å². The molecule has 0 radical (unpaired) electrons. The van der Waals surface area contributed by atoms with Crippen molar-refractivity contribution in [2.75, 3.05) is 0 Å². The molecule has 4 heteroatoms. The molecule has 0 amide bonds. The Balaban J connectivity index is 2.15. The van der Waals surface area contributed by atoms with Crippen molar-refractivity contribution in [3.05, 3.63) is 46.1 Å². The molecule has 0 saturated heterocycles. The molecule has 0 saturated carbocycles. The second kappa shape index (κ2) is 5.10. The highest BCUT2D eigenvalue weighted by molar-refractivity contribution is 7.86. The van der Waals surface area contributed by atoms with Gasteiger partial charge in [-0.15, -0.1) is 11.3 Å². The van der Waals surface area contributed by atoms with E-state index >= 15 is 0 Å². The summed E-state index contributed by atoms with van der Waals surface area (Å²) in [6, 6.07) is 5.98. The Morgan fingerprint density at radius 2 is 2.06 bits per heavy atom. The summed E-state index contributed by atoms with van der Waals surface area (Å²) in [6.45, 7) is 6.04. The van der Waals surface area contributed by atoms with Gasteiger partial charge in [-0.25, -0.2) is 0 Å². The largest absolute Gasteiger partial charge is 0.257 e. The summed E-state index contributed by atoms with van der Waals surface area (Å²) in [6.07, 6.45) is 0. The van der Waals surface area contributed by atoms with E-state index in [1.54, 1.807) is 11.3 Å². The predicted octanol–water partition coefficient (Wildman–Crippen LogP) is 3.38. The van der Waals surface area contributed by atoms with Crippen LogP contribution in [-0.2, 0) is 16.6 Å². The van der Waals surface area contributed by atoms with Gasteiger partial charge in [0.15, 0.2) is 0 Å². The summed E-state index contributed by atoms with van der Waals surface area (Å²) in [4.78, 5) is 4.46. The molecule has 90 valence electrons. The number of rotatable bonds is 3. The number of aryl methyl sites for hydroxylation is 3. The van der Waals surface area contributed by atoms with E-state index in [0.29, 0.717) is 5.75 Å². The summed E-state index contributed by atoms with van der Waals surface area (Å²) >= 11 is 1.56. The van der Waals surface area contributed by atoms with Gasteiger partial charge >= 0.3 is 0 Å². The SMILES string of the molecule is Cc1csc(S(=O)Cc2ccc(C)c(C)n2)c1. The molecular formula is C13H15NOS2. The van der Waals surface area contributed by atoms with Crippen LogP contribution in [-0.4, -0.2) is 9.19 Å². The van der Waals surface area contributed by atoms with Crippen LogP contribution in [0.25, 0.3) is 0 Å². The first-order valence-corrected chi connectivity index (χ1v) is 7.63. The molecule has 2 rings (SSSR count). The lowest BCUT2D eigenvalue weighted by molar-refractivity contribution is 0.683. The van der Waals surface area contributed by atoms with Crippen LogP contribution in [0, 0.1) is 20.8 Å². The molecular weight excluding hydrogens is 250 g/mol. The van der Waals surface area contributed by atoms with Crippen molar-refractivity contribution in [2.45, 2.75) is 30.7 Å². The topological polar surface area (TPSA) is 30.0 Å². The molecule has 0 aliphatic rings. The van der Waals surface area contributed by atoms with Crippen LogP contribution in [0.3, 0.4) is 0 Å². The zero-order chi connectivity index (χ0) is 12.4. The first kappa shape index (κ1) is 12.5. The smallest absolute Gasteiger partial charge is 0.0917 e. The lowest BCUT2D eigenvalue weighted by Crippen LogP contribution is -1.99. The fourth-order valence-electron chi connectivity index (χ4n) is 1.49. The van der Waals surface area contributed by atoms with Crippen molar-refractivity contribution in [3.8, 4) is 0 Å². The van der Waals surface area contributed by atoms with Gasteiger partial charge in [-0.05, 0) is 49.4 Å². The molecule has 0 aliphatic heterocycles. The Kier molecular flexibility index (Phi) is 3.74. The fraction of sp³-hybridized carbons (Fsp3) is 0.308. The predicted molar refractivity (Wildman–Crippen MR) is 72.9 cm³/mol. The molecule has 0 bridgehead atoms. The average Bonchev–Trinajstić information content (AvgIpc) is 2.70. The molecule has 2 aromatic rings.